The maximum Gasteiger partial charge on any atom is 0.355 e. The van der Waals surface area contributed by atoms with Crippen LogP contribution in [0.25, 0.3) is 10.9 Å². The van der Waals surface area contributed by atoms with Gasteiger partial charge in [0.2, 0.25) is 5.75 Å². The lowest BCUT2D eigenvalue weighted by Gasteiger charge is -2.14. The van der Waals surface area contributed by atoms with Crippen molar-refractivity contribution < 1.29 is 32.7 Å². The summed E-state index contributed by atoms with van der Waals surface area (Å²) in [4.78, 5) is 16.0. The Morgan fingerprint density at radius 2 is 1.55 bits per heavy atom. The number of esters is 1. The van der Waals surface area contributed by atoms with Crippen LogP contribution in [0.3, 0.4) is 0 Å². The van der Waals surface area contributed by atoms with Crippen LogP contribution in [-0.2, 0) is 15.5 Å². The van der Waals surface area contributed by atoms with Crippen LogP contribution in [-0.4, -0.2) is 50.7 Å². The Labute approximate surface area is 170 Å². The molecule has 0 aliphatic heterocycles. The van der Waals surface area contributed by atoms with E-state index in [0.717, 1.165) is 0 Å². The van der Waals surface area contributed by atoms with Gasteiger partial charge in [0.1, 0.15) is 11.4 Å². The van der Waals surface area contributed by atoms with E-state index in [9.17, 15) is 9.00 Å². The lowest BCUT2D eigenvalue weighted by atomic mass is 10.2. The van der Waals surface area contributed by atoms with Crippen molar-refractivity contribution in [3.63, 3.8) is 0 Å². The fraction of sp³-hybridized carbons (Fsp3) is 0.250. The molecule has 9 heteroatoms. The molecule has 1 N–H and O–H groups in total. The Balaban J connectivity index is 2.27. The van der Waals surface area contributed by atoms with Gasteiger partial charge in [-0.1, -0.05) is 0 Å². The molecule has 0 bridgehead atoms. The summed E-state index contributed by atoms with van der Waals surface area (Å²) >= 11 is 0. The summed E-state index contributed by atoms with van der Waals surface area (Å²) in [6.07, 6.45) is 0. The van der Waals surface area contributed by atoms with Crippen molar-refractivity contribution in [2.75, 3.05) is 35.5 Å². The first kappa shape index (κ1) is 20.5. The number of aromatic nitrogens is 1. The molecule has 1 unspecified atom stereocenters. The van der Waals surface area contributed by atoms with Crippen LogP contribution in [0.5, 0.6) is 23.0 Å². The smallest absolute Gasteiger partial charge is 0.355 e. The topological polar surface area (TPSA) is 96.1 Å². The molecule has 0 saturated heterocycles. The number of fused-ring (bicyclic) bond motifs is 1. The fourth-order valence-corrected chi connectivity index (χ4v) is 4.35. The van der Waals surface area contributed by atoms with Crippen molar-refractivity contribution in [3.8, 4) is 23.0 Å². The maximum absolute atomic E-state index is 13.6. The van der Waals surface area contributed by atoms with Gasteiger partial charge in [0.25, 0.3) is 0 Å². The second-order valence-corrected chi connectivity index (χ2v) is 7.28. The molecular weight excluding hydrogens is 398 g/mol. The quantitative estimate of drug-likeness (QED) is 0.588. The molecule has 0 aliphatic carbocycles. The van der Waals surface area contributed by atoms with Gasteiger partial charge in [0.05, 0.1) is 56.1 Å². The molecule has 1 heterocycles. The summed E-state index contributed by atoms with van der Waals surface area (Å²) in [5, 5.41) is 0.580. The summed E-state index contributed by atoms with van der Waals surface area (Å²) in [5.74, 6) is 1.02. The molecule has 2 aromatic carbocycles. The zero-order valence-electron chi connectivity index (χ0n) is 16.7. The molecule has 29 heavy (non-hydrogen) atoms. The number of benzene rings is 2. The van der Waals surface area contributed by atoms with E-state index in [0.29, 0.717) is 38.8 Å². The van der Waals surface area contributed by atoms with E-state index in [1.54, 1.807) is 30.3 Å². The van der Waals surface area contributed by atoms with E-state index in [-0.39, 0.29) is 10.6 Å². The number of rotatable bonds is 7. The summed E-state index contributed by atoms with van der Waals surface area (Å²) in [6, 6.07) is 8.36. The lowest BCUT2D eigenvalue weighted by Crippen LogP contribution is -2.07. The average molecular weight is 419 g/mol. The largest absolute Gasteiger partial charge is 0.497 e. The summed E-state index contributed by atoms with van der Waals surface area (Å²) in [6.45, 7) is 0. The lowest BCUT2D eigenvalue weighted by molar-refractivity contribution is 0.0591. The highest BCUT2D eigenvalue weighted by Crippen LogP contribution is 2.41. The maximum atomic E-state index is 13.6. The Kier molecular flexibility index (Phi) is 5.97. The molecule has 0 spiro atoms. The van der Waals surface area contributed by atoms with E-state index in [1.807, 2.05) is 0 Å². The number of H-pyrrole nitrogens is 1. The van der Waals surface area contributed by atoms with Gasteiger partial charge in [-0.3, -0.25) is 0 Å². The molecule has 3 aromatic rings. The summed E-state index contributed by atoms with van der Waals surface area (Å²) in [5.41, 5.74) is 0.727. The molecule has 8 nitrogen and oxygen atoms in total. The van der Waals surface area contributed by atoms with Gasteiger partial charge in [-0.15, -0.1) is 0 Å². The SMILES string of the molecule is COC(=O)c1[nH]c2ccc(OC)cc2c1S(=O)c1cc(OC)c(OC)c(OC)c1. The first-order valence-electron chi connectivity index (χ1n) is 8.48. The number of ether oxygens (including phenoxy) is 5. The Bertz CT molecular complexity index is 1060. The van der Waals surface area contributed by atoms with E-state index >= 15 is 0 Å². The first-order chi connectivity index (χ1) is 14.0. The van der Waals surface area contributed by atoms with Crippen molar-refractivity contribution in [1.29, 1.82) is 0 Å². The predicted octanol–water partition coefficient (Wildman–Crippen LogP) is 3.16. The summed E-state index contributed by atoms with van der Waals surface area (Å²) in [7, 11) is 5.46. The van der Waals surface area contributed by atoms with E-state index < -0.39 is 16.8 Å². The van der Waals surface area contributed by atoms with Crippen molar-refractivity contribution in [2.45, 2.75) is 9.79 Å². The van der Waals surface area contributed by atoms with Crippen LogP contribution in [0.4, 0.5) is 0 Å². The fourth-order valence-electron chi connectivity index (χ4n) is 2.99. The summed E-state index contributed by atoms with van der Waals surface area (Å²) < 4.78 is 39.8. The van der Waals surface area contributed by atoms with Gasteiger partial charge in [0, 0.05) is 23.0 Å². The Morgan fingerprint density at radius 3 is 2.07 bits per heavy atom. The van der Waals surface area contributed by atoms with E-state index in [4.69, 9.17) is 23.7 Å². The number of aromatic amines is 1. The molecule has 3 rings (SSSR count). The number of hydrogen-bond donors (Lipinski definition) is 1. The van der Waals surface area contributed by atoms with Crippen LogP contribution in [0.15, 0.2) is 40.1 Å². The van der Waals surface area contributed by atoms with Crippen LogP contribution in [0, 0.1) is 0 Å². The highest BCUT2D eigenvalue weighted by molar-refractivity contribution is 7.85. The van der Waals surface area contributed by atoms with Crippen LogP contribution >= 0.6 is 0 Å². The first-order valence-corrected chi connectivity index (χ1v) is 9.63. The minimum absolute atomic E-state index is 0.0999. The third-order valence-electron chi connectivity index (χ3n) is 4.39. The molecule has 0 aliphatic rings. The zero-order chi connectivity index (χ0) is 21.1. The third-order valence-corrected chi connectivity index (χ3v) is 5.84. The molecule has 1 atom stereocenters. The minimum Gasteiger partial charge on any atom is -0.497 e. The van der Waals surface area contributed by atoms with Crippen LogP contribution in [0.2, 0.25) is 0 Å². The highest BCUT2D eigenvalue weighted by Gasteiger charge is 2.26. The van der Waals surface area contributed by atoms with Crippen LogP contribution in [0.1, 0.15) is 10.5 Å². The van der Waals surface area contributed by atoms with Crippen molar-refractivity contribution in [2.24, 2.45) is 0 Å². The number of carbonyl (C=O) groups excluding carboxylic acids is 1. The molecule has 0 amide bonds. The average Bonchev–Trinajstić information content (AvgIpc) is 3.15. The predicted molar refractivity (Wildman–Crippen MR) is 107 cm³/mol. The van der Waals surface area contributed by atoms with E-state index in [2.05, 4.69) is 4.98 Å². The van der Waals surface area contributed by atoms with Gasteiger partial charge in [-0.05, 0) is 18.2 Å². The third kappa shape index (κ3) is 3.61. The van der Waals surface area contributed by atoms with E-state index in [1.165, 1.54) is 35.5 Å². The molecule has 0 saturated carbocycles. The molecule has 0 radical (unpaired) electrons. The normalized spacial score (nSPS) is 11.8. The standard InChI is InChI=1S/C20H21NO7S/c1-24-11-6-7-14-13(8-11)19(17(21-14)20(22)28-5)29(23)12-9-15(25-2)18(27-4)16(10-12)26-3/h6-10,21H,1-5H3. The molecule has 1 aromatic heterocycles. The van der Waals surface area contributed by atoms with Crippen molar-refractivity contribution in [3.05, 3.63) is 36.0 Å². The number of carbonyl (C=O) groups is 1. The zero-order valence-corrected chi connectivity index (χ0v) is 17.5. The Morgan fingerprint density at radius 1 is 0.897 bits per heavy atom. The molecular formula is C20H21NO7S. The number of methoxy groups -OCH3 is 5. The second kappa shape index (κ2) is 8.44. The molecule has 0 fully saturated rings. The Hall–Kier alpha value is -3.20. The van der Waals surface area contributed by atoms with Gasteiger partial charge in [0.15, 0.2) is 11.5 Å². The number of nitrogens with one attached hydrogen (secondary N) is 1. The van der Waals surface area contributed by atoms with Gasteiger partial charge in [-0.25, -0.2) is 9.00 Å². The van der Waals surface area contributed by atoms with Crippen molar-refractivity contribution >= 4 is 27.7 Å². The molecule has 154 valence electrons. The minimum atomic E-state index is -1.77. The van der Waals surface area contributed by atoms with Crippen LogP contribution < -0.4 is 18.9 Å². The van der Waals surface area contributed by atoms with Crippen molar-refractivity contribution in [1.82, 2.24) is 4.98 Å². The van der Waals surface area contributed by atoms with Gasteiger partial charge >= 0.3 is 5.97 Å². The van der Waals surface area contributed by atoms with Gasteiger partial charge < -0.3 is 28.7 Å². The van der Waals surface area contributed by atoms with Gasteiger partial charge in [-0.2, -0.15) is 0 Å². The second-order valence-electron chi connectivity index (χ2n) is 5.86. The highest BCUT2D eigenvalue weighted by atomic mass is 32.2. The monoisotopic (exact) mass is 419 g/mol. The number of hydrogen-bond acceptors (Lipinski definition) is 7.